The average molecular weight is 241 g/mol. The lowest BCUT2D eigenvalue weighted by Crippen LogP contribution is -1.88. The van der Waals surface area contributed by atoms with Gasteiger partial charge in [-0.25, -0.2) is 9.37 Å². The first-order chi connectivity index (χ1) is 7.13. The minimum absolute atomic E-state index is 0.0745. The maximum Gasteiger partial charge on any atom is 0.161 e. The van der Waals surface area contributed by atoms with Crippen molar-refractivity contribution in [2.24, 2.45) is 0 Å². The van der Waals surface area contributed by atoms with Crippen molar-refractivity contribution in [1.82, 2.24) is 4.98 Å². The molecule has 1 aromatic heterocycles. The summed E-state index contributed by atoms with van der Waals surface area (Å²) in [6.45, 7) is 0. The first-order valence-electron chi connectivity index (χ1n) is 3.98. The number of pyridine rings is 1. The van der Waals surface area contributed by atoms with Crippen molar-refractivity contribution in [2.75, 3.05) is 0 Å². The average Bonchev–Trinajstić information content (AvgIpc) is 2.25. The summed E-state index contributed by atoms with van der Waals surface area (Å²) in [7, 11) is 0. The monoisotopic (exact) mass is 240 g/mol. The molecule has 0 saturated carbocycles. The number of fused-ring (bicyclic) bond motifs is 1. The van der Waals surface area contributed by atoms with Gasteiger partial charge in [0.2, 0.25) is 0 Å². The van der Waals surface area contributed by atoms with E-state index in [0.717, 1.165) is 0 Å². The fourth-order valence-corrected chi connectivity index (χ4v) is 1.75. The number of halogens is 3. The van der Waals surface area contributed by atoms with Crippen LogP contribution in [0.15, 0.2) is 18.2 Å². The number of nitrogens with zero attached hydrogens (tertiary/aromatic N) is 2. The molecule has 2 rings (SSSR count). The molecule has 0 amide bonds. The normalized spacial score (nSPS) is 10.3. The number of hydrogen-bond donors (Lipinski definition) is 0. The van der Waals surface area contributed by atoms with Crippen LogP contribution in [0.3, 0.4) is 0 Å². The van der Waals surface area contributed by atoms with Gasteiger partial charge in [0, 0.05) is 5.39 Å². The summed E-state index contributed by atoms with van der Waals surface area (Å²) in [4.78, 5) is 3.96. The van der Waals surface area contributed by atoms with Crippen molar-refractivity contribution in [3.05, 3.63) is 39.8 Å². The van der Waals surface area contributed by atoms with E-state index in [2.05, 4.69) is 4.98 Å². The maximum atomic E-state index is 13.3. The quantitative estimate of drug-likeness (QED) is 0.661. The molecule has 0 bridgehead atoms. The third-order valence-corrected chi connectivity index (χ3v) is 2.59. The summed E-state index contributed by atoms with van der Waals surface area (Å²) in [5.74, 6) is -0.669. The van der Waals surface area contributed by atoms with Crippen LogP contribution < -0.4 is 0 Å². The third kappa shape index (κ3) is 1.63. The van der Waals surface area contributed by atoms with E-state index in [1.807, 2.05) is 6.07 Å². The highest BCUT2D eigenvalue weighted by atomic mass is 35.5. The van der Waals surface area contributed by atoms with E-state index >= 15 is 0 Å². The summed E-state index contributed by atoms with van der Waals surface area (Å²) in [6, 6.07) is 6.25. The van der Waals surface area contributed by atoms with Crippen LogP contribution in [0.4, 0.5) is 4.39 Å². The summed E-state index contributed by atoms with van der Waals surface area (Å²) in [5.41, 5.74) is 0.645. The minimum atomic E-state index is -0.669. The Morgan fingerprint density at radius 2 is 2.07 bits per heavy atom. The molecule has 0 unspecified atom stereocenters. The van der Waals surface area contributed by atoms with Crippen molar-refractivity contribution in [3.8, 4) is 6.07 Å². The third-order valence-electron chi connectivity index (χ3n) is 1.94. The Kier molecular flexibility index (Phi) is 2.47. The molecule has 0 saturated heterocycles. The van der Waals surface area contributed by atoms with E-state index in [4.69, 9.17) is 28.5 Å². The van der Waals surface area contributed by atoms with Gasteiger partial charge in [0.15, 0.2) is 5.82 Å². The van der Waals surface area contributed by atoms with Gasteiger partial charge in [-0.1, -0.05) is 23.2 Å². The van der Waals surface area contributed by atoms with Crippen molar-refractivity contribution in [2.45, 2.75) is 0 Å². The van der Waals surface area contributed by atoms with Crippen molar-refractivity contribution < 1.29 is 4.39 Å². The molecule has 0 aliphatic rings. The fraction of sp³-hybridized carbons (Fsp3) is 0. The van der Waals surface area contributed by atoms with Gasteiger partial charge >= 0.3 is 0 Å². The van der Waals surface area contributed by atoms with Crippen LogP contribution >= 0.6 is 23.2 Å². The van der Waals surface area contributed by atoms with E-state index in [1.54, 1.807) is 6.07 Å². The molecule has 15 heavy (non-hydrogen) atoms. The molecule has 1 heterocycles. The van der Waals surface area contributed by atoms with Gasteiger partial charge in [-0.3, -0.25) is 0 Å². The number of aromatic nitrogens is 1. The molecule has 74 valence electrons. The molecule has 5 heteroatoms. The Bertz CT molecular complexity index is 590. The van der Waals surface area contributed by atoms with Gasteiger partial charge < -0.3 is 0 Å². The van der Waals surface area contributed by atoms with E-state index < -0.39 is 5.82 Å². The Morgan fingerprint density at radius 1 is 1.33 bits per heavy atom. The van der Waals surface area contributed by atoms with Gasteiger partial charge in [-0.15, -0.1) is 0 Å². The second-order valence-electron chi connectivity index (χ2n) is 2.86. The van der Waals surface area contributed by atoms with Crippen molar-refractivity contribution in [3.63, 3.8) is 0 Å². The molecule has 0 fully saturated rings. The van der Waals surface area contributed by atoms with E-state index in [1.165, 1.54) is 12.1 Å². The van der Waals surface area contributed by atoms with Crippen LogP contribution in [-0.2, 0) is 0 Å². The Labute approximate surface area is 94.9 Å². The van der Waals surface area contributed by atoms with Crippen molar-refractivity contribution in [1.29, 1.82) is 5.26 Å². The zero-order valence-corrected chi connectivity index (χ0v) is 8.77. The molecule has 0 aliphatic carbocycles. The second-order valence-corrected chi connectivity index (χ2v) is 3.65. The smallest absolute Gasteiger partial charge is 0.161 e. The van der Waals surface area contributed by atoms with Gasteiger partial charge in [0.25, 0.3) is 0 Å². The Hall–Kier alpha value is -1.37. The molecule has 0 aliphatic heterocycles. The molecular weight excluding hydrogens is 238 g/mol. The van der Waals surface area contributed by atoms with Gasteiger partial charge in [-0.05, 0) is 18.2 Å². The molecule has 0 atom stereocenters. The Balaban J connectivity index is 2.87. The van der Waals surface area contributed by atoms with Crippen LogP contribution in [0, 0.1) is 17.1 Å². The van der Waals surface area contributed by atoms with Crippen LogP contribution in [0.25, 0.3) is 10.9 Å². The van der Waals surface area contributed by atoms with Crippen LogP contribution in [0.2, 0.25) is 10.0 Å². The molecule has 1 aromatic carbocycles. The molecule has 2 aromatic rings. The zero-order chi connectivity index (χ0) is 11.0. The lowest BCUT2D eigenvalue weighted by Gasteiger charge is -2.03. The van der Waals surface area contributed by atoms with E-state index in [9.17, 15) is 4.39 Å². The van der Waals surface area contributed by atoms with E-state index in [-0.39, 0.29) is 15.7 Å². The first kappa shape index (κ1) is 10.2. The van der Waals surface area contributed by atoms with E-state index in [0.29, 0.717) is 10.9 Å². The van der Waals surface area contributed by atoms with Crippen LogP contribution in [0.1, 0.15) is 5.69 Å². The summed E-state index contributed by atoms with van der Waals surface area (Å²) in [6.07, 6.45) is 0. The highest BCUT2D eigenvalue weighted by Gasteiger charge is 2.11. The number of nitriles is 1. The topological polar surface area (TPSA) is 36.7 Å². The molecule has 2 nitrogen and oxygen atoms in total. The number of benzene rings is 1. The van der Waals surface area contributed by atoms with Gasteiger partial charge in [-0.2, -0.15) is 5.26 Å². The molecule has 0 radical (unpaired) electrons. The number of hydrogen-bond acceptors (Lipinski definition) is 2. The SMILES string of the molecule is N#Cc1ccc2c(Cl)c(F)c(Cl)cc2n1. The molecular formula is C10H3Cl2FN2. The second kappa shape index (κ2) is 3.65. The first-order valence-corrected chi connectivity index (χ1v) is 4.73. The fourth-order valence-electron chi connectivity index (χ4n) is 1.24. The summed E-state index contributed by atoms with van der Waals surface area (Å²) >= 11 is 11.4. The summed E-state index contributed by atoms with van der Waals surface area (Å²) < 4.78 is 13.3. The highest BCUT2D eigenvalue weighted by Crippen LogP contribution is 2.30. The van der Waals surface area contributed by atoms with Crippen LogP contribution in [0.5, 0.6) is 0 Å². The number of rotatable bonds is 0. The van der Waals surface area contributed by atoms with Gasteiger partial charge in [0.1, 0.15) is 11.8 Å². The zero-order valence-electron chi connectivity index (χ0n) is 7.26. The minimum Gasteiger partial charge on any atom is -0.237 e. The molecule has 0 spiro atoms. The largest absolute Gasteiger partial charge is 0.237 e. The standard InChI is InChI=1S/C10H3Cl2FN2/c11-7-3-8-6(9(12)10(7)13)2-1-5(4-14)15-8/h1-3H. The lowest BCUT2D eigenvalue weighted by molar-refractivity contribution is 0.630. The highest BCUT2D eigenvalue weighted by molar-refractivity contribution is 6.38. The maximum absolute atomic E-state index is 13.3. The predicted molar refractivity (Wildman–Crippen MR) is 56.4 cm³/mol. The Morgan fingerprint density at radius 3 is 2.73 bits per heavy atom. The lowest BCUT2D eigenvalue weighted by atomic mass is 10.2. The van der Waals surface area contributed by atoms with Crippen molar-refractivity contribution >= 4 is 34.1 Å². The predicted octanol–water partition coefficient (Wildman–Crippen LogP) is 3.55. The van der Waals surface area contributed by atoms with Crippen LogP contribution in [-0.4, -0.2) is 4.98 Å². The molecule has 0 N–H and O–H groups in total. The van der Waals surface area contributed by atoms with Gasteiger partial charge in [0.05, 0.1) is 15.6 Å². The summed E-state index contributed by atoms with van der Waals surface area (Å²) in [5, 5.41) is 8.90.